The van der Waals surface area contributed by atoms with Crippen LogP contribution >= 0.6 is 0 Å². The molecule has 2 aromatic heterocycles. The van der Waals surface area contributed by atoms with E-state index in [9.17, 15) is 0 Å². The molecule has 5 aromatic rings. The Morgan fingerprint density at radius 1 is 0.756 bits per heavy atom. The Balaban J connectivity index is 1.44. The van der Waals surface area contributed by atoms with Gasteiger partial charge in [-0.2, -0.15) is 0 Å². The molecule has 41 heavy (non-hydrogen) atoms. The quantitative estimate of drug-likeness (QED) is 0.171. The number of hydrogen-bond acceptors (Lipinski definition) is 5. The van der Waals surface area contributed by atoms with Crippen LogP contribution in [0.15, 0.2) is 97.1 Å². The van der Waals surface area contributed by atoms with E-state index >= 15 is 0 Å². The van der Waals surface area contributed by atoms with E-state index in [2.05, 4.69) is 101 Å². The van der Waals surface area contributed by atoms with Gasteiger partial charge < -0.3 is 14.0 Å². The van der Waals surface area contributed by atoms with E-state index in [-0.39, 0.29) is 6.79 Å². The third-order valence-electron chi connectivity index (χ3n) is 7.44. The molecule has 208 valence electrons. The summed E-state index contributed by atoms with van der Waals surface area (Å²) in [6.45, 7) is 7.64. The van der Waals surface area contributed by atoms with Crippen molar-refractivity contribution in [3.8, 4) is 34.1 Å². The maximum atomic E-state index is 5.70. The van der Waals surface area contributed by atoms with Crippen molar-refractivity contribution >= 4 is 0 Å². The molecule has 0 N–H and O–H groups in total. The molecule has 0 radical (unpaired) electrons. The molecule has 1 aliphatic rings. The SMILES string of the molecule is CCCCn1c(-c2ccccc2)nc(-c2ccccc2)c1CN(Cc1ccc2c(c1)OCO2)Cc1cccc(C)n1. The molecule has 0 fully saturated rings. The van der Waals surface area contributed by atoms with Gasteiger partial charge in [0.25, 0.3) is 0 Å². The van der Waals surface area contributed by atoms with E-state index in [1.807, 2.05) is 19.1 Å². The summed E-state index contributed by atoms with van der Waals surface area (Å²) >= 11 is 0. The standard InChI is InChI=1S/C35H36N4O2/c1-3-4-20-39-31(34(28-13-7-5-8-14-28)37-35(39)29-15-9-6-10-16-29)24-38(23-30-17-11-12-26(2)36-30)22-27-18-19-32-33(21-27)41-25-40-32/h5-19,21H,3-4,20,22-25H2,1-2H3. The van der Waals surface area contributed by atoms with E-state index in [1.54, 1.807) is 0 Å². The first-order chi connectivity index (χ1) is 20.2. The van der Waals surface area contributed by atoms with Gasteiger partial charge in [0.2, 0.25) is 6.79 Å². The smallest absolute Gasteiger partial charge is 0.231 e. The van der Waals surface area contributed by atoms with Crippen LogP contribution in [-0.2, 0) is 26.2 Å². The fourth-order valence-electron chi connectivity index (χ4n) is 5.43. The second-order valence-corrected chi connectivity index (χ2v) is 10.6. The summed E-state index contributed by atoms with van der Waals surface area (Å²) in [5, 5.41) is 0. The maximum absolute atomic E-state index is 5.70. The topological polar surface area (TPSA) is 52.4 Å². The van der Waals surface area contributed by atoms with Gasteiger partial charge in [-0.15, -0.1) is 0 Å². The highest BCUT2D eigenvalue weighted by atomic mass is 16.7. The normalized spacial score (nSPS) is 12.3. The van der Waals surface area contributed by atoms with Crippen molar-refractivity contribution in [2.45, 2.75) is 52.9 Å². The summed E-state index contributed by atoms with van der Waals surface area (Å²) in [5.41, 5.74) is 7.77. The first kappa shape index (κ1) is 26.8. The number of hydrogen-bond donors (Lipinski definition) is 0. The van der Waals surface area contributed by atoms with Gasteiger partial charge in [0.15, 0.2) is 11.5 Å². The third-order valence-corrected chi connectivity index (χ3v) is 7.44. The molecule has 6 nitrogen and oxygen atoms in total. The Labute approximate surface area is 242 Å². The van der Waals surface area contributed by atoms with E-state index < -0.39 is 0 Å². The summed E-state index contributed by atoms with van der Waals surface area (Å²) < 4.78 is 13.7. The van der Waals surface area contributed by atoms with Crippen molar-refractivity contribution in [2.24, 2.45) is 0 Å². The molecule has 0 saturated heterocycles. The minimum atomic E-state index is 0.273. The largest absolute Gasteiger partial charge is 0.454 e. The molecule has 6 rings (SSSR count). The number of nitrogens with zero attached hydrogens (tertiary/aromatic N) is 4. The number of ether oxygens (including phenoxy) is 2. The van der Waals surface area contributed by atoms with Crippen LogP contribution < -0.4 is 9.47 Å². The summed E-state index contributed by atoms with van der Waals surface area (Å²) in [5.74, 6) is 2.63. The minimum Gasteiger partial charge on any atom is -0.454 e. The Hall–Kier alpha value is -4.42. The zero-order valence-corrected chi connectivity index (χ0v) is 23.8. The van der Waals surface area contributed by atoms with Crippen molar-refractivity contribution in [2.75, 3.05) is 6.79 Å². The monoisotopic (exact) mass is 544 g/mol. The van der Waals surface area contributed by atoms with E-state index in [4.69, 9.17) is 19.4 Å². The molecule has 0 saturated carbocycles. The Kier molecular flexibility index (Phi) is 8.10. The number of rotatable bonds is 11. The molecular formula is C35H36N4O2. The fraction of sp³-hybridized carbons (Fsp3) is 0.257. The lowest BCUT2D eigenvalue weighted by atomic mass is 10.1. The highest BCUT2D eigenvalue weighted by Gasteiger charge is 2.23. The van der Waals surface area contributed by atoms with E-state index in [1.165, 1.54) is 11.3 Å². The molecule has 0 aliphatic carbocycles. The van der Waals surface area contributed by atoms with Crippen molar-refractivity contribution < 1.29 is 9.47 Å². The van der Waals surface area contributed by atoms with Crippen LogP contribution in [0.3, 0.4) is 0 Å². The van der Waals surface area contributed by atoms with Gasteiger partial charge in [0, 0.05) is 43.0 Å². The second-order valence-electron chi connectivity index (χ2n) is 10.6. The van der Waals surface area contributed by atoms with Crippen molar-refractivity contribution in [1.82, 2.24) is 19.4 Å². The molecule has 1 aliphatic heterocycles. The molecular weight excluding hydrogens is 508 g/mol. The molecule has 0 bridgehead atoms. The zero-order valence-electron chi connectivity index (χ0n) is 23.8. The highest BCUT2D eigenvalue weighted by Crippen LogP contribution is 2.34. The first-order valence-corrected chi connectivity index (χ1v) is 14.4. The van der Waals surface area contributed by atoms with Gasteiger partial charge >= 0.3 is 0 Å². The Bertz CT molecular complexity index is 1600. The van der Waals surface area contributed by atoms with Crippen molar-refractivity contribution in [3.63, 3.8) is 0 Å². The number of unbranched alkanes of at least 4 members (excludes halogenated alkanes) is 1. The number of benzene rings is 3. The Morgan fingerprint density at radius 3 is 2.27 bits per heavy atom. The molecule has 0 unspecified atom stereocenters. The van der Waals surface area contributed by atoms with Gasteiger partial charge in [-0.25, -0.2) is 4.98 Å². The number of pyridine rings is 1. The number of fused-ring (bicyclic) bond motifs is 1. The highest BCUT2D eigenvalue weighted by molar-refractivity contribution is 5.68. The molecule has 0 amide bonds. The molecule has 3 aromatic carbocycles. The lowest BCUT2D eigenvalue weighted by Crippen LogP contribution is -2.25. The summed E-state index contributed by atoms with van der Waals surface area (Å²) in [6.07, 6.45) is 2.19. The number of aromatic nitrogens is 3. The van der Waals surface area contributed by atoms with Crippen LogP contribution in [-0.4, -0.2) is 26.2 Å². The second kappa shape index (κ2) is 12.4. The summed E-state index contributed by atoms with van der Waals surface area (Å²) in [7, 11) is 0. The lowest BCUT2D eigenvalue weighted by Gasteiger charge is -2.24. The Morgan fingerprint density at radius 2 is 1.51 bits per heavy atom. The van der Waals surface area contributed by atoms with Gasteiger partial charge in [-0.05, 0) is 43.2 Å². The van der Waals surface area contributed by atoms with Crippen LogP contribution in [0.5, 0.6) is 11.5 Å². The zero-order chi connectivity index (χ0) is 28.0. The van der Waals surface area contributed by atoms with E-state index in [0.29, 0.717) is 6.54 Å². The maximum Gasteiger partial charge on any atom is 0.231 e. The molecule has 6 heteroatoms. The lowest BCUT2D eigenvalue weighted by molar-refractivity contribution is 0.174. The number of imidazole rings is 1. The van der Waals surface area contributed by atoms with Crippen LogP contribution in [0.4, 0.5) is 0 Å². The van der Waals surface area contributed by atoms with Crippen molar-refractivity contribution in [3.05, 3.63) is 120 Å². The van der Waals surface area contributed by atoms with Gasteiger partial charge in [0.1, 0.15) is 5.82 Å². The summed E-state index contributed by atoms with van der Waals surface area (Å²) in [4.78, 5) is 12.6. The number of aryl methyl sites for hydroxylation is 1. The first-order valence-electron chi connectivity index (χ1n) is 14.4. The molecule has 0 spiro atoms. The van der Waals surface area contributed by atoms with Gasteiger partial charge in [0.05, 0.1) is 17.1 Å². The third kappa shape index (κ3) is 6.18. The van der Waals surface area contributed by atoms with Gasteiger partial charge in [-0.1, -0.05) is 86.1 Å². The van der Waals surface area contributed by atoms with Crippen molar-refractivity contribution in [1.29, 1.82) is 0 Å². The predicted octanol–water partition coefficient (Wildman–Crippen LogP) is 7.65. The van der Waals surface area contributed by atoms with Gasteiger partial charge in [-0.3, -0.25) is 9.88 Å². The predicted molar refractivity (Wildman–Crippen MR) is 162 cm³/mol. The molecule has 3 heterocycles. The minimum absolute atomic E-state index is 0.273. The molecule has 0 atom stereocenters. The average molecular weight is 545 g/mol. The summed E-state index contributed by atoms with van der Waals surface area (Å²) in [6, 6.07) is 33.6. The fourth-order valence-corrected chi connectivity index (χ4v) is 5.43. The van der Waals surface area contributed by atoms with Crippen LogP contribution in [0.1, 0.15) is 42.4 Å². The average Bonchev–Trinajstić information content (AvgIpc) is 3.61. The van der Waals surface area contributed by atoms with Crippen LogP contribution in [0, 0.1) is 6.92 Å². The van der Waals surface area contributed by atoms with Crippen LogP contribution in [0.2, 0.25) is 0 Å². The van der Waals surface area contributed by atoms with E-state index in [0.717, 1.165) is 78.0 Å². The van der Waals surface area contributed by atoms with Crippen LogP contribution in [0.25, 0.3) is 22.6 Å².